The molecular formula is C13H20N2O3S. The van der Waals surface area contributed by atoms with Crippen molar-refractivity contribution >= 4 is 15.7 Å². The zero-order valence-electron chi connectivity index (χ0n) is 11.3. The maximum Gasteiger partial charge on any atom is 0.245 e. The van der Waals surface area contributed by atoms with Crippen LogP contribution < -0.4 is 5.73 Å². The molecule has 0 bridgehead atoms. The largest absolute Gasteiger partial charge is 0.398 e. The van der Waals surface area contributed by atoms with Crippen LogP contribution in [0.15, 0.2) is 23.1 Å². The predicted octanol–water partition coefficient (Wildman–Crippen LogP) is 1.38. The first-order valence-corrected chi connectivity index (χ1v) is 7.87. The van der Waals surface area contributed by atoms with Crippen LogP contribution in [0.25, 0.3) is 0 Å². The van der Waals surface area contributed by atoms with Crippen LogP contribution in [0.1, 0.15) is 18.9 Å². The summed E-state index contributed by atoms with van der Waals surface area (Å²) in [5.41, 5.74) is 6.85. The summed E-state index contributed by atoms with van der Waals surface area (Å²) in [4.78, 5) is 0.232. The molecule has 0 spiro atoms. The summed E-state index contributed by atoms with van der Waals surface area (Å²) in [7, 11) is -3.56. The fourth-order valence-electron chi connectivity index (χ4n) is 2.42. The van der Waals surface area contributed by atoms with E-state index in [-0.39, 0.29) is 10.9 Å². The summed E-state index contributed by atoms with van der Waals surface area (Å²) in [5, 5.41) is 0. The molecule has 19 heavy (non-hydrogen) atoms. The topological polar surface area (TPSA) is 72.6 Å². The number of hydrogen-bond donors (Lipinski definition) is 1. The van der Waals surface area contributed by atoms with Gasteiger partial charge in [-0.3, -0.25) is 0 Å². The average molecular weight is 284 g/mol. The van der Waals surface area contributed by atoms with Crippen molar-refractivity contribution in [2.75, 3.05) is 25.5 Å². The fourth-order valence-corrected chi connectivity index (χ4v) is 4.41. The van der Waals surface area contributed by atoms with E-state index in [9.17, 15) is 8.42 Å². The van der Waals surface area contributed by atoms with Crippen molar-refractivity contribution in [1.82, 2.24) is 4.31 Å². The van der Waals surface area contributed by atoms with Crippen LogP contribution in [0.2, 0.25) is 0 Å². The Kier molecular flexibility index (Phi) is 4.13. The molecule has 2 rings (SSSR count). The zero-order valence-corrected chi connectivity index (χ0v) is 12.1. The van der Waals surface area contributed by atoms with E-state index in [4.69, 9.17) is 10.5 Å². The highest BCUT2D eigenvalue weighted by Crippen LogP contribution is 2.28. The van der Waals surface area contributed by atoms with E-state index < -0.39 is 10.0 Å². The molecule has 1 fully saturated rings. The molecule has 1 aliphatic rings. The molecule has 6 heteroatoms. The maximum absolute atomic E-state index is 12.8. The van der Waals surface area contributed by atoms with Crippen molar-refractivity contribution in [3.05, 3.63) is 23.8 Å². The van der Waals surface area contributed by atoms with Crippen molar-refractivity contribution in [2.24, 2.45) is 0 Å². The first kappa shape index (κ1) is 14.3. The van der Waals surface area contributed by atoms with Crippen LogP contribution in [0.5, 0.6) is 0 Å². The normalized spacial score (nSPS) is 21.5. The van der Waals surface area contributed by atoms with E-state index in [1.807, 2.05) is 6.92 Å². The van der Waals surface area contributed by atoms with Gasteiger partial charge in [-0.25, -0.2) is 8.42 Å². The van der Waals surface area contributed by atoms with Crippen molar-refractivity contribution in [2.45, 2.75) is 31.2 Å². The Labute approximate surface area is 114 Å². The molecular weight excluding hydrogens is 264 g/mol. The van der Waals surface area contributed by atoms with E-state index in [1.165, 1.54) is 4.31 Å². The third-order valence-electron chi connectivity index (χ3n) is 3.45. The molecule has 0 aliphatic carbocycles. The number of hydrogen-bond acceptors (Lipinski definition) is 4. The second-order valence-corrected chi connectivity index (χ2v) is 6.57. The molecule has 0 aromatic heterocycles. The van der Waals surface area contributed by atoms with Crippen LogP contribution in [-0.4, -0.2) is 38.5 Å². The quantitative estimate of drug-likeness (QED) is 0.851. The fraction of sp³-hybridized carbons (Fsp3) is 0.538. The molecule has 0 saturated carbocycles. The minimum Gasteiger partial charge on any atom is -0.398 e. The highest BCUT2D eigenvalue weighted by atomic mass is 32.2. The Hall–Kier alpha value is -1.11. The number of nitrogens with two attached hydrogens (primary N) is 1. The van der Waals surface area contributed by atoms with E-state index in [2.05, 4.69) is 0 Å². The minimum atomic E-state index is -3.56. The number of ether oxygens (including phenoxy) is 1. The first-order chi connectivity index (χ1) is 8.98. The van der Waals surface area contributed by atoms with Crippen molar-refractivity contribution in [1.29, 1.82) is 0 Å². The van der Waals surface area contributed by atoms with Gasteiger partial charge in [0.1, 0.15) is 4.90 Å². The summed E-state index contributed by atoms with van der Waals surface area (Å²) < 4.78 is 32.5. The lowest BCUT2D eigenvalue weighted by Gasteiger charge is -2.34. The SMILES string of the molecule is CCC1COCCN1S(=O)(=O)c1c(C)cccc1N. The third kappa shape index (κ3) is 2.61. The number of aryl methyl sites for hydroxylation is 1. The number of sulfonamides is 1. The molecule has 1 aromatic rings. The average Bonchev–Trinajstić information content (AvgIpc) is 2.38. The van der Waals surface area contributed by atoms with Gasteiger partial charge >= 0.3 is 0 Å². The lowest BCUT2D eigenvalue weighted by Crippen LogP contribution is -2.48. The van der Waals surface area contributed by atoms with Crippen LogP contribution in [0.4, 0.5) is 5.69 Å². The Balaban J connectivity index is 2.47. The molecule has 0 radical (unpaired) electrons. The highest BCUT2D eigenvalue weighted by molar-refractivity contribution is 7.89. The molecule has 1 saturated heterocycles. The summed E-state index contributed by atoms with van der Waals surface area (Å²) >= 11 is 0. The van der Waals surface area contributed by atoms with Crippen molar-refractivity contribution < 1.29 is 13.2 Å². The van der Waals surface area contributed by atoms with Gasteiger partial charge in [0.05, 0.1) is 18.9 Å². The Morgan fingerprint density at radius 1 is 1.47 bits per heavy atom. The summed E-state index contributed by atoms with van der Waals surface area (Å²) in [6.45, 7) is 4.99. The minimum absolute atomic E-state index is 0.113. The van der Waals surface area contributed by atoms with Gasteiger partial charge in [-0.2, -0.15) is 4.31 Å². The molecule has 0 amide bonds. The molecule has 1 heterocycles. The number of rotatable bonds is 3. The standard InChI is InChI=1S/C13H20N2O3S/c1-3-11-9-18-8-7-15(11)19(16,17)13-10(2)5-4-6-12(13)14/h4-6,11H,3,7-9,14H2,1-2H3. The molecule has 1 atom stereocenters. The van der Waals surface area contributed by atoms with Gasteiger partial charge in [0.15, 0.2) is 0 Å². The van der Waals surface area contributed by atoms with Gasteiger partial charge in [-0.05, 0) is 25.0 Å². The Morgan fingerprint density at radius 2 is 2.21 bits per heavy atom. The maximum atomic E-state index is 12.8. The van der Waals surface area contributed by atoms with E-state index in [1.54, 1.807) is 25.1 Å². The van der Waals surface area contributed by atoms with Crippen LogP contribution in [-0.2, 0) is 14.8 Å². The smallest absolute Gasteiger partial charge is 0.245 e. The third-order valence-corrected chi connectivity index (χ3v) is 5.63. The second-order valence-electron chi connectivity index (χ2n) is 4.75. The molecule has 5 nitrogen and oxygen atoms in total. The Morgan fingerprint density at radius 3 is 2.84 bits per heavy atom. The van der Waals surface area contributed by atoms with Gasteiger partial charge in [-0.1, -0.05) is 19.1 Å². The first-order valence-electron chi connectivity index (χ1n) is 6.43. The van der Waals surface area contributed by atoms with Crippen molar-refractivity contribution in [3.8, 4) is 0 Å². The number of anilines is 1. The van der Waals surface area contributed by atoms with Gasteiger partial charge in [0, 0.05) is 12.6 Å². The molecule has 2 N–H and O–H groups in total. The number of benzene rings is 1. The summed E-state index contributed by atoms with van der Waals surface area (Å²) in [5.74, 6) is 0. The molecule has 1 unspecified atom stereocenters. The number of nitrogen functional groups attached to an aromatic ring is 1. The molecule has 1 aliphatic heterocycles. The van der Waals surface area contributed by atoms with E-state index in [0.717, 1.165) is 6.42 Å². The summed E-state index contributed by atoms with van der Waals surface area (Å²) in [6, 6.07) is 5.05. The lowest BCUT2D eigenvalue weighted by molar-refractivity contribution is 0.0314. The highest BCUT2D eigenvalue weighted by Gasteiger charge is 2.34. The van der Waals surface area contributed by atoms with Gasteiger partial charge in [-0.15, -0.1) is 0 Å². The van der Waals surface area contributed by atoms with Gasteiger partial charge < -0.3 is 10.5 Å². The van der Waals surface area contributed by atoms with Gasteiger partial charge in [0.25, 0.3) is 0 Å². The predicted molar refractivity (Wildman–Crippen MR) is 74.4 cm³/mol. The second kappa shape index (κ2) is 5.48. The monoisotopic (exact) mass is 284 g/mol. The molecule has 106 valence electrons. The van der Waals surface area contributed by atoms with Crippen LogP contribution >= 0.6 is 0 Å². The van der Waals surface area contributed by atoms with Crippen molar-refractivity contribution in [3.63, 3.8) is 0 Å². The zero-order chi connectivity index (χ0) is 14.0. The summed E-state index contributed by atoms with van der Waals surface area (Å²) in [6.07, 6.45) is 0.727. The van der Waals surface area contributed by atoms with E-state index >= 15 is 0 Å². The van der Waals surface area contributed by atoms with Crippen LogP contribution in [0, 0.1) is 6.92 Å². The number of nitrogens with zero attached hydrogens (tertiary/aromatic N) is 1. The van der Waals surface area contributed by atoms with Gasteiger partial charge in [0.2, 0.25) is 10.0 Å². The van der Waals surface area contributed by atoms with E-state index in [0.29, 0.717) is 31.0 Å². The van der Waals surface area contributed by atoms with Crippen LogP contribution in [0.3, 0.4) is 0 Å². The Bertz CT molecular complexity index is 537. The molecule has 1 aromatic carbocycles. The lowest BCUT2D eigenvalue weighted by atomic mass is 10.2. The number of morpholine rings is 1.